The van der Waals surface area contributed by atoms with E-state index in [4.69, 9.17) is 23.8 Å². The SMILES string of the molecule is O=C(NCC[NH+]1CCCC1)c1ccc2c(=O)n(Cc3ccc(Cl)cc3)c(=S)[nH]c2c1. The average molecular weight is 444 g/mol. The van der Waals surface area contributed by atoms with Crippen LogP contribution < -0.4 is 15.8 Å². The third-order valence-electron chi connectivity index (χ3n) is 5.57. The van der Waals surface area contributed by atoms with Gasteiger partial charge in [-0.1, -0.05) is 23.7 Å². The molecular weight excluding hydrogens is 420 g/mol. The van der Waals surface area contributed by atoms with Gasteiger partial charge >= 0.3 is 0 Å². The molecule has 1 fully saturated rings. The van der Waals surface area contributed by atoms with Crippen LogP contribution in [0.25, 0.3) is 10.9 Å². The summed E-state index contributed by atoms with van der Waals surface area (Å²) in [4.78, 5) is 30.1. The molecule has 0 bridgehead atoms. The van der Waals surface area contributed by atoms with Crippen LogP contribution in [0.3, 0.4) is 0 Å². The number of aromatic amines is 1. The summed E-state index contributed by atoms with van der Waals surface area (Å²) in [5.74, 6) is -0.139. The topological polar surface area (TPSA) is 71.3 Å². The smallest absolute Gasteiger partial charge is 0.262 e. The van der Waals surface area contributed by atoms with E-state index in [1.54, 1.807) is 35.2 Å². The number of benzene rings is 2. The summed E-state index contributed by atoms with van der Waals surface area (Å²) in [6.07, 6.45) is 2.53. The zero-order valence-corrected chi connectivity index (χ0v) is 18.1. The van der Waals surface area contributed by atoms with Crippen LogP contribution in [-0.4, -0.2) is 41.6 Å². The minimum absolute atomic E-state index is 0.139. The van der Waals surface area contributed by atoms with Crippen molar-refractivity contribution in [3.8, 4) is 0 Å². The number of hydrogen-bond acceptors (Lipinski definition) is 3. The molecule has 3 aromatic rings. The van der Waals surface area contributed by atoms with Gasteiger partial charge in [-0.15, -0.1) is 0 Å². The number of carbonyl (C=O) groups excluding carboxylic acids is 1. The number of carbonyl (C=O) groups is 1. The summed E-state index contributed by atoms with van der Waals surface area (Å²) in [6.45, 7) is 4.31. The van der Waals surface area contributed by atoms with Crippen molar-refractivity contribution >= 4 is 40.6 Å². The molecule has 1 aliphatic heterocycles. The Morgan fingerprint density at radius 3 is 2.63 bits per heavy atom. The van der Waals surface area contributed by atoms with Crippen molar-refractivity contribution in [1.29, 1.82) is 0 Å². The lowest BCUT2D eigenvalue weighted by Crippen LogP contribution is -3.10. The molecule has 6 nitrogen and oxygen atoms in total. The Morgan fingerprint density at radius 2 is 1.90 bits per heavy atom. The lowest BCUT2D eigenvalue weighted by atomic mass is 10.1. The number of likely N-dealkylation sites (tertiary alicyclic amines) is 1. The van der Waals surface area contributed by atoms with Gasteiger partial charge in [-0.3, -0.25) is 14.2 Å². The number of rotatable bonds is 6. The van der Waals surface area contributed by atoms with Crippen LogP contribution in [-0.2, 0) is 6.54 Å². The molecule has 0 unspecified atom stereocenters. The number of fused-ring (bicyclic) bond motifs is 1. The van der Waals surface area contributed by atoms with Crippen LogP contribution in [0.2, 0.25) is 5.02 Å². The summed E-state index contributed by atoms with van der Waals surface area (Å²) in [6, 6.07) is 12.4. The largest absolute Gasteiger partial charge is 0.346 e. The molecule has 8 heteroatoms. The summed E-state index contributed by atoms with van der Waals surface area (Å²) in [7, 11) is 0. The molecule has 1 aliphatic rings. The van der Waals surface area contributed by atoms with E-state index < -0.39 is 0 Å². The molecule has 0 radical (unpaired) electrons. The molecule has 2 heterocycles. The van der Waals surface area contributed by atoms with E-state index in [9.17, 15) is 9.59 Å². The second-order valence-electron chi connectivity index (χ2n) is 7.67. The van der Waals surface area contributed by atoms with Gasteiger partial charge in [-0.05, 0) is 48.1 Å². The van der Waals surface area contributed by atoms with Crippen molar-refractivity contribution in [2.24, 2.45) is 0 Å². The highest BCUT2D eigenvalue weighted by Crippen LogP contribution is 2.13. The Kier molecular flexibility index (Phi) is 6.32. The first kappa shape index (κ1) is 20.8. The molecule has 0 saturated carbocycles. The molecule has 1 aromatic heterocycles. The monoisotopic (exact) mass is 443 g/mol. The number of nitrogens with zero attached hydrogens (tertiary/aromatic N) is 1. The maximum Gasteiger partial charge on any atom is 0.262 e. The summed E-state index contributed by atoms with van der Waals surface area (Å²) in [5, 5.41) is 4.11. The highest BCUT2D eigenvalue weighted by molar-refractivity contribution is 7.71. The van der Waals surface area contributed by atoms with Crippen LogP contribution in [0, 0.1) is 4.77 Å². The summed E-state index contributed by atoms with van der Waals surface area (Å²) >= 11 is 11.3. The normalized spacial score (nSPS) is 14.3. The van der Waals surface area contributed by atoms with Crippen LogP contribution >= 0.6 is 23.8 Å². The number of hydrogen-bond donors (Lipinski definition) is 3. The van der Waals surface area contributed by atoms with Gasteiger partial charge in [-0.2, -0.15) is 0 Å². The third-order valence-corrected chi connectivity index (χ3v) is 6.15. The third kappa shape index (κ3) is 4.64. The molecular formula is C22H24ClN4O2S+. The van der Waals surface area contributed by atoms with Gasteiger partial charge < -0.3 is 15.2 Å². The van der Waals surface area contributed by atoms with E-state index in [1.165, 1.54) is 30.5 Å². The minimum Gasteiger partial charge on any atom is -0.346 e. The standard InChI is InChI=1S/C22H23ClN4O2S/c23-17-6-3-15(4-7-17)14-27-21(29)18-8-5-16(13-19(18)25-22(27)30)20(28)24-9-12-26-10-1-2-11-26/h3-8,13H,1-2,9-12,14H2,(H,24,28)(H,25,30)/p+1. The lowest BCUT2D eigenvalue weighted by molar-refractivity contribution is -0.886. The Morgan fingerprint density at radius 1 is 1.17 bits per heavy atom. The molecule has 4 rings (SSSR count). The average Bonchev–Trinajstić information content (AvgIpc) is 3.25. The molecule has 0 aliphatic carbocycles. The van der Waals surface area contributed by atoms with Crippen LogP contribution in [0.5, 0.6) is 0 Å². The van der Waals surface area contributed by atoms with E-state index >= 15 is 0 Å². The first-order chi connectivity index (χ1) is 14.5. The Hall–Kier alpha value is -2.48. The zero-order chi connectivity index (χ0) is 21.1. The maximum absolute atomic E-state index is 13.0. The Labute approximate surface area is 184 Å². The second kappa shape index (κ2) is 9.12. The summed E-state index contributed by atoms with van der Waals surface area (Å²) in [5.41, 5.74) is 1.82. The van der Waals surface area contributed by atoms with E-state index in [2.05, 4.69) is 10.3 Å². The van der Waals surface area contributed by atoms with E-state index in [0.717, 1.165) is 12.1 Å². The number of amides is 1. The number of H-pyrrole nitrogens is 1. The lowest BCUT2D eigenvalue weighted by Gasteiger charge is -2.13. The summed E-state index contributed by atoms with van der Waals surface area (Å²) < 4.78 is 1.83. The van der Waals surface area contributed by atoms with Gasteiger partial charge in [-0.25, -0.2) is 0 Å². The molecule has 30 heavy (non-hydrogen) atoms. The van der Waals surface area contributed by atoms with Gasteiger partial charge in [0.25, 0.3) is 11.5 Å². The van der Waals surface area contributed by atoms with Crippen molar-refractivity contribution < 1.29 is 9.69 Å². The van der Waals surface area contributed by atoms with Crippen molar-refractivity contribution in [2.75, 3.05) is 26.2 Å². The van der Waals surface area contributed by atoms with Gasteiger partial charge in [0.1, 0.15) is 0 Å². The van der Waals surface area contributed by atoms with Crippen LogP contribution in [0.15, 0.2) is 47.3 Å². The van der Waals surface area contributed by atoms with Gasteiger partial charge in [0.05, 0.1) is 43.6 Å². The number of halogens is 1. The van der Waals surface area contributed by atoms with Gasteiger partial charge in [0.15, 0.2) is 4.77 Å². The second-order valence-corrected chi connectivity index (χ2v) is 8.49. The zero-order valence-electron chi connectivity index (χ0n) is 16.5. The first-order valence-corrected chi connectivity index (χ1v) is 10.9. The fourth-order valence-corrected chi connectivity index (χ4v) is 4.27. The molecule has 2 aromatic carbocycles. The highest BCUT2D eigenvalue weighted by atomic mass is 35.5. The predicted molar refractivity (Wildman–Crippen MR) is 121 cm³/mol. The number of aromatic nitrogens is 2. The van der Waals surface area contributed by atoms with Crippen LogP contribution in [0.4, 0.5) is 0 Å². The van der Waals surface area contributed by atoms with Crippen molar-refractivity contribution in [1.82, 2.24) is 14.9 Å². The maximum atomic E-state index is 13.0. The van der Waals surface area contributed by atoms with Crippen molar-refractivity contribution in [3.05, 3.63) is 73.7 Å². The molecule has 1 amide bonds. The molecule has 3 N–H and O–H groups in total. The minimum atomic E-state index is -0.187. The molecule has 1 saturated heterocycles. The van der Waals surface area contributed by atoms with E-state index in [0.29, 0.717) is 39.3 Å². The molecule has 0 atom stereocenters. The van der Waals surface area contributed by atoms with Crippen LogP contribution in [0.1, 0.15) is 28.8 Å². The molecule has 0 spiro atoms. The van der Waals surface area contributed by atoms with Crippen molar-refractivity contribution in [3.63, 3.8) is 0 Å². The first-order valence-electron chi connectivity index (χ1n) is 10.1. The fourth-order valence-electron chi connectivity index (χ4n) is 3.89. The van der Waals surface area contributed by atoms with Gasteiger partial charge in [0.2, 0.25) is 0 Å². The number of nitrogens with one attached hydrogen (secondary N) is 3. The Balaban J connectivity index is 1.53. The predicted octanol–water partition coefficient (Wildman–Crippen LogP) is 2.17. The number of quaternary nitrogens is 1. The quantitative estimate of drug-likeness (QED) is 0.511. The highest BCUT2D eigenvalue weighted by Gasteiger charge is 2.15. The van der Waals surface area contributed by atoms with E-state index in [-0.39, 0.29) is 11.5 Å². The Bertz CT molecular complexity index is 1180. The molecule has 156 valence electrons. The van der Waals surface area contributed by atoms with Crippen molar-refractivity contribution in [2.45, 2.75) is 19.4 Å². The van der Waals surface area contributed by atoms with E-state index in [1.807, 2.05) is 12.1 Å². The fraction of sp³-hybridized carbons (Fsp3) is 0.318. The van der Waals surface area contributed by atoms with Gasteiger partial charge in [0, 0.05) is 23.4 Å².